The average Bonchev–Trinajstić information content (AvgIpc) is 3.49. The SMILES string of the molecule is CC1O[C@H](CNS(=O)(=O)/C(C#N)=C/c2ccc(-c3ccc4cc(NCCN5CCOCC5)ccc4c3)o2)[C@@H](O)[C@H](O)[C@H]1O. The van der Waals surface area contributed by atoms with Crippen LogP contribution in [0.15, 0.2) is 57.9 Å². The molecule has 5 N–H and O–H groups in total. The van der Waals surface area contributed by atoms with Gasteiger partial charge in [0, 0.05) is 50.1 Å². The molecule has 2 aromatic carbocycles. The summed E-state index contributed by atoms with van der Waals surface area (Å²) in [6.07, 6.45) is -5.14. The van der Waals surface area contributed by atoms with E-state index < -0.39 is 52.0 Å². The summed E-state index contributed by atoms with van der Waals surface area (Å²) in [6, 6.07) is 17.0. The van der Waals surface area contributed by atoms with E-state index in [4.69, 9.17) is 13.9 Å². The number of rotatable bonds is 10. The molecule has 1 unspecified atom stereocenters. The van der Waals surface area contributed by atoms with Crippen molar-refractivity contribution < 1.29 is 37.6 Å². The quantitative estimate of drug-likeness (QED) is 0.210. The molecule has 2 aliphatic heterocycles. The second-order valence-electron chi connectivity index (χ2n) is 10.7. The lowest BCUT2D eigenvalue weighted by atomic mass is 9.96. The van der Waals surface area contributed by atoms with Gasteiger partial charge in [0.25, 0.3) is 10.0 Å². The van der Waals surface area contributed by atoms with Gasteiger partial charge in [-0.15, -0.1) is 0 Å². The van der Waals surface area contributed by atoms with Crippen LogP contribution >= 0.6 is 0 Å². The number of hydrogen-bond donors (Lipinski definition) is 5. The number of aliphatic hydroxyl groups excluding tert-OH is 3. The number of benzene rings is 2. The van der Waals surface area contributed by atoms with Crippen LogP contribution in [0.25, 0.3) is 28.2 Å². The number of hydrogen-bond acceptors (Lipinski definition) is 11. The molecule has 230 valence electrons. The largest absolute Gasteiger partial charge is 0.457 e. The van der Waals surface area contributed by atoms with E-state index in [9.17, 15) is 29.0 Å². The molecule has 0 aliphatic carbocycles. The lowest BCUT2D eigenvalue weighted by molar-refractivity contribution is -0.214. The molecular weight excluding hydrogens is 576 g/mol. The van der Waals surface area contributed by atoms with Crippen LogP contribution in [0.2, 0.25) is 0 Å². The fourth-order valence-corrected chi connectivity index (χ4v) is 6.08. The van der Waals surface area contributed by atoms with Crippen molar-refractivity contribution in [2.75, 3.05) is 51.3 Å². The topological polar surface area (TPSA) is 178 Å². The molecular formula is C30H36N4O8S. The van der Waals surface area contributed by atoms with Crippen LogP contribution < -0.4 is 10.0 Å². The number of anilines is 1. The normalized spacial score (nSPS) is 25.5. The van der Waals surface area contributed by atoms with Gasteiger partial charge in [0.05, 0.1) is 19.3 Å². The number of furan rings is 1. The number of allylic oxidation sites excluding steroid dienone is 1. The van der Waals surface area contributed by atoms with Crippen LogP contribution in [0, 0.1) is 11.3 Å². The van der Waals surface area contributed by atoms with Gasteiger partial charge in [0.1, 0.15) is 42.0 Å². The molecule has 2 saturated heterocycles. The number of fused-ring (bicyclic) bond motifs is 1. The lowest BCUT2D eigenvalue weighted by Crippen LogP contribution is -2.59. The van der Waals surface area contributed by atoms with Crippen molar-refractivity contribution in [1.82, 2.24) is 9.62 Å². The molecule has 5 rings (SSSR count). The third-order valence-corrected chi connectivity index (χ3v) is 9.05. The molecule has 3 heterocycles. The van der Waals surface area contributed by atoms with Crippen molar-refractivity contribution in [3.05, 3.63) is 59.2 Å². The van der Waals surface area contributed by atoms with Crippen LogP contribution in [0.1, 0.15) is 12.7 Å². The van der Waals surface area contributed by atoms with Gasteiger partial charge < -0.3 is 34.5 Å². The first kappa shape index (κ1) is 31.1. The van der Waals surface area contributed by atoms with Gasteiger partial charge in [-0.25, -0.2) is 13.1 Å². The minimum absolute atomic E-state index is 0.165. The van der Waals surface area contributed by atoms with Crippen LogP contribution in [-0.4, -0.2) is 105 Å². The van der Waals surface area contributed by atoms with Crippen LogP contribution in [-0.2, 0) is 19.5 Å². The van der Waals surface area contributed by atoms with E-state index in [-0.39, 0.29) is 5.76 Å². The number of sulfonamides is 1. The average molecular weight is 613 g/mol. The van der Waals surface area contributed by atoms with Crippen molar-refractivity contribution in [2.45, 2.75) is 37.4 Å². The van der Waals surface area contributed by atoms with Crippen LogP contribution in [0.4, 0.5) is 5.69 Å². The molecule has 0 spiro atoms. The minimum Gasteiger partial charge on any atom is -0.457 e. The van der Waals surface area contributed by atoms with Gasteiger partial charge in [0.15, 0.2) is 4.91 Å². The maximum absolute atomic E-state index is 12.8. The minimum atomic E-state index is -4.30. The molecule has 13 heteroatoms. The Morgan fingerprint density at radius 2 is 1.79 bits per heavy atom. The zero-order valence-corrected chi connectivity index (χ0v) is 24.5. The van der Waals surface area contributed by atoms with Gasteiger partial charge in [0.2, 0.25) is 0 Å². The number of morpholine rings is 1. The van der Waals surface area contributed by atoms with E-state index in [0.29, 0.717) is 5.76 Å². The van der Waals surface area contributed by atoms with E-state index >= 15 is 0 Å². The predicted molar refractivity (Wildman–Crippen MR) is 160 cm³/mol. The number of nitrogens with one attached hydrogen (secondary N) is 2. The van der Waals surface area contributed by atoms with Crippen molar-refractivity contribution in [1.29, 1.82) is 5.26 Å². The fourth-order valence-electron chi connectivity index (χ4n) is 5.15. The third-order valence-electron chi connectivity index (χ3n) is 7.71. The zero-order valence-electron chi connectivity index (χ0n) is 23.7. The molecule has 5 atom stereocenters. The van der Waals surface area contributed by atoms with Crippen molar-refractivity contribution >= 4 is 32.6 Å². The van der Waals surface area contributed by atoms with E-state index in [1.807, 2.05) is 30.3 Å². The molecule has 0 bridgehead atoms. The Balaban J connectivity index is 1.23. The van der Waals surface area contributed by atoms with Gasteiger partial charge in [-0.2, -0.15) is 5.26 Å². The summed E-state index contributed by atoms with van der Waals surface area (Å²) in [5, 5.41) is 45.0. The number of nitrogens with zero attached hydrogens (tertiary/aromatic N) is 2. The van der Waals surface area contributed by atoms with Crippen molar-refractivity contribution in [3.63, 3.8) is 0 Å². The highest BCUT2D eigenvalue weighted by Gasteiger charge is 2.42. The summed E-state index contributed by atoms with van der Waals surface area (Å²) in [5.41, 5.74) is 1.82. The van der Waals surface area contributed by atoms with E-state index in [1.54, 1.807) is 18.2 Å². The Bertz CT molecular complexity index is 1590. The smallest absolute Gasteiger partial charge is 0.250 e. The molecule has 43 heavy (non-hydrogen) atoms. The maximum Gasteiger partial charge on any atom is 0.250 e. The Morgan fingerprint density at radius 1 is 1.05 bits per heavy atom. The maximum atomic E-state index is 12.8. The number of aliphatic hydroxyl groups is 3. The molecule has 1 aromatic heterocycles. The standard InChI is InChI=1S/C30H36N4O8S/c1-19-28(35)30(37)29(36)27(41-19)18-33-43(38,39)25(17-31)16-24-6-7-26(42-24)22-3-2-21-15-23(5-4-20(21)14-22)32-8-9-34-10-12-40-13-11-34/h2-7,14-16,19,27-30,32-33,35-37H,8-13,18H2,1H3/b25-16+/t19?,27-,28+,29-,30-/m1/s1. The third kappa shape index (κ3) is 7.43. The van der Waals surface area contributed by atoms with Gasteiger partial charge in [-0.05, 0) is 48.0 Å². The predicted octanol–water partition coefficient (Wildman–Crippen LogP) is 1.50. The first-order valence-corrected chi connectivity index (χ1v) is 15.6. The van der Waals surface area contributed by atoms with E-state index in [0.717, 1.165) is 67.5 Å². The van der Waals surface area contributed by atoms with E-state index in [1.165, 1.54) is 6.92 Å². The molecule has 0 radical (unpaired) electrons. The summed E-state index contributed by atoms with van der Waals surface area (Å²) in [4.78, 5) is 1.78. The van der Waals surface area contributed by atoms with Gasteiger partial charge in [-0.1, -0.05) is 18.2 Å². The summed E-state index contributed by atoms with van der Waals surface area (Å²) in [6.45, 7) is 6.34. The summed E-state index contributed by atoms with van der Waals surface area (Å²) in [5.74, 6) is 0.668. The van der Waals surface area contributed by atoms with Crippen molar-refractivity contribution in [3.8, 4) is 17.4 Å². The number of nitriles is 1. The monoisotopic (exact) mass is 612 g/mol. The Kier molecular flexibility index (Phi) is 9.80. The summed E-state index contributed by atoms with van der Waals surface area (Å²) in [7, 11) is -4.30. The Hall–Kier alpha value is -3.32. The van der Waals surface area contributed by atoms with Crippen LogP contribution in [0.5, 0.6) is 0 Å². The molecule has 0 amide bonds. The molecule has 3 aromatic rings. The van der Waals surface area contributed by atoms with Crippen LogP contribution in [0.3, 0.4) is 0 Å². The van der Waals surface area contributed by atoms with Gasteiger partial charge in [-0.3, -0.25) is 4.90 Å². The highest BCUT2D eigenvalue weighted by Crippen LogP contribution is 2.29. The summed E-state index contributed by atoms with van der Waals surface area (Å²) >= 11 is 0. The highest BCUT2D eigenvalue weighted by atomic mass is 32.2. The van der Waals surface area contributed by atoms with E-state index in [2.05, 4.69) is 21.0 Å². The second-order valence-corrected chi connectivity index (χ2v) is 12.4. The first-order chi connectivity index (χ1) is 20.6. The first-order valence-electron chi connectivity index (χ1n) is 14.1. The fraction of sp³-hybridized carbons (Fsp3) is 0.433. The zero-order chi connectivity index (χ0) is 30.6. The molecule has 12 nitrogen and oxygen atoms in total. The lowest BCUT2D eigenvalue weighted by Gasteiger charge is -2.39. The summed E-state index contributed by atoms with van der Waals surface area (Å²) < 4.78 is 44.6. The Labute approximate surface area is 250 Å². The van der Waals surface area contributed by atoms with Crippen molar-refractivity contribution in [2.24, 2.45) is 0 Å². The number of ether oxygens (including phenoxy) is 2. The van der Waals surface area contributed by atoms with Gasteiger partial charge >= 0.3 is 0 Å². The molecule has 2 aliphatic rings. The Morgan fingerprint density at radius 3 is 2.56 bits per heavy atom. The molecule has 2 fully saturated rings. The second kappa shape index (κ2) is 13.5. The highest BCUT2D eigenvalue weighted by molar-refractivity contribution is 7.93. The molecule has 0 saturated carbocycles.